The van der Waals surface area contributed by atoms with E-state index in [0.29, 0.717) is 25.6 Å². The third kappa shape index (κ3) is 5.90. The highest BCUT2D eigenvalue weighted by atomic mass is 16.2. The monoisotopic (exact) mass is 433 g/mol. The van der Waals surface area contributed by atoms with Gasteiger partial charge in [-0.2, -0.15) is 0 Å². The molecule has 0 unspecified atom stereocenters. The van der Waals surface area contributed by atoms with Gasteiger partial charge in [-0.3, -0.25) is 4.79 Å². The molecule has 2 N–H and O–H groups in total. The van der Waals surface area contributed by atoms with Gasteiger partial charge in [-0.15, -0.1) is 0 Å². The maximum atomic E-state index is 12.7. The number of carbonyl (C=O) groups is 2. The summed E-state index contributed by atoms with van der Waals surface area (Å²) in [5.41, 5.74) is 3.75. The minimum atomic E-state index is -0.00851. The van der Waals surface area contributed by atoms with Gasteiger partial charge in [0.05, 0.1) is 0 Å². The number of piperidine rings is 1. The van der Waals surface area contributed by atoms with Crippen molar-refractivity contribution in [1.29, 1.82) is 0 Å². The van der Waals surface area contributed by atoms with E-state index in [1.54, 1.807) is 0 Å². The minimum Gasteiger partial charge on any atom is -0.352 e. The molecule has 1 saturated heterocycles. The Morgan fingerprint density at radius 2 is 1.53 bits per heavy atom. The number of hydrogen-bond donors (Lipinski definition) is 2. The van der Waals surface area contributed by atoms with Gasteiger partial charge in [-0.05, 0) is 62.5 Å². The van der Waals surface area contributed by atoms with Crippen LogP contribution < -0.4 is 10.6 Å². The fourth-order valence-corrected chi connectivity index (χ4v) is 4.95. The lowest BCUT2D eigenvalue weighted by atomic mass is 9.82. The molecular weight excluding hydrogens is 398 g/mol. The van der Waals surface area contributed by atoms with E-state index < -0.39 is 0 Å². The fourth-order valence-electron chi connectivity index (χ4n) is 4.95. The maximum Gasteiger partial charge on any atom is 0.317 e. The van der Waals surface area contributed by atoms with Crippen molar-refractivity contribution in [2.24, 2.45) is 5.92 Å². The van der Waals surface area contributed by atoms with Crippen molar-refractivity contribution in [3.63, 3.8) is 0 Å². The SMILES string of the molecule is Cc1ccc(CNC(=O)C2CCN(C(=O)NC3CCC(c4ccccc4)CC3)CC2)cc1. The Bertz CT molecular complexity index is 881. The van der Waals surface area contributed by atoms with Crippen molar-refractivity contribution < 1.29 is 9.59 Å². The van der Waals surface area contributed by atoms with Crippen LogP contribution in [0.2, 0.25) is 0 Å². The summed E-state index contributed by atoms with van der Waals surface area (Å²) >= 11 is 0. The Balaban J connectivity index is 1.16. The second-order valence-corrected chi connectivity index (χ2v) is 9.37. The van der Waals surface area contributed by atoms with Crippen LogP contribution in [0.3, 0.4) is 0 Å². The summed E-state index contributed by atoms with van der Waals surface area (Å²) in [6, 6.07) is 19.2. The smallest absolute Gasteiger partial charge is 0.317 e. The van der Waals surface area contributed by atoms with Gasteiger partial charge in [0.1, 0.15) is 0 Å². The number of hydrogen-bond acceptors (Lipinski definition) is 2. The average Bonchev–Trinajstić information content (AvgIpc) is 2.84. The van der Waals surface area contributed by atoms with E-state index in [1.165, 1.54) is 11.1 Å². The molecule has 0 atom stereocenters. The van der Waals surface area contributed by atoms with E-state index in [4.69, 9.17) is 0 Å². The summed E-state index contributed by atoms with van der Waals surface area (Å²) in [6.45, 7) is 3.91. The number of benzene rings is 2. The summed E-state index contributed by atoms with van der Waals surface area (Å²) in [6.07, 6.45) is 5.77. The van der Waals surface area contributed by atoms with E-state index in [2.05, 4.69) is 72.2 Å². The standard InChI is InChI=1S/C27H35N3O2/c1-20-7-9-21(10-8-20)19-28-26(31)24-15-17-30(18-16-24)27(32)29-25-13-11-23(12-14-25)22-5-3-2-4-6-22/h2-10,23-25H,11-19H2,1H3,(H,28,31)(H,29,32). The van der Waals surface area contributed by atoms with Crippen LogP contribution in [0.5, 0.6) is 0 Å². The van der Waals surface area contributed by atoms with Crippen molar-refractivity contribution in [3.8, 4) is 0 Å². The molecule has 3 amide bonds. The molecule has 1 aliphatic carbocycles. The Kier molecular flexibility index (Phi) is 7.46. The van der Waals surface area contributed by atoms with Crippen molar-refractivity contribution in [3.05, 3.63) is 71.3 Å². The number of nitrogens with zero attached hydrogens (tertiary/aromatic N) is 1. The lowest BCUT2D eigenvalue weighted by Gasteiger charge is -2.34. The molecule has 5 nitrogen and oxygen atoms in total. The van der Waals surface area contributed by atoms with Crippen LogP contribution in [0.1, 0.15) is 61.1 Å². The van der Waals surface area contributed by atoms with Gasteiger partial charge in [0, 0.05) is 31.6 Å². The zero-order valence-electron chi connectivity index (χ0n) is 19.1. The summed E-state index contributed by atoms with van der Waals surface area (Å²) in [7, 11) is 0. The largest absolute Gasteiger partial charge is 0.352 e. The molecule has 0 spiro atoms. The van der Waals surface area contributed by atoms with Gasteiger partial charge in [0.25, 0.3) is 0 Å². The van der Waals surface area contributed by atoms with Gasteiger partial charge >= 0.3 is 6.03 Å². The van der Waals surface area contributed by atoms with Gasteiger partial charge in [-0.25, -0.2) is 4.79 Å². The average molecular weight is 434 g/mol. The maximum absolute atomic E-state index is 12.7. The predicted octanol–water partition coefficient (Wildman–Crippen LogP) is 4.76. The molecule has 2 aromatic rings. The van der Waals surface area contributed by atoms with Crippen LogP contribution in [-0.4, -0.2) is 36.0 Å². The van der Waals surface area contributed by atoms with Crippen LogP contribution in [0.4, 0.5) is 4.79 Å². The Labute approximate surface area is 191 Å². The number of nitrogens with one attached hydrogen (secondary N) is 2. The highest BCUT2D eigenvalue weighted by molar-refractivity contribution is 5.79. The number of carbonyl (C=O) groups excluding carboxylic acids is 2. The van der Waals surface area contributed by atoms with Crippen molar-refractivity contribution in [2.45, 2.75) is 64.0 Å². The molecule has 1 heterocycles. The van der Waals surface area contributed by atoms with Crippen molar-refractivity contribution in [2.75, 3.05) is 13.1 Å². The van der Waals surface area contributed by atoms with E-state index in [-0.39, 0.29) is 23.9 Å². The third-order valence-corrected chi connectivity index (χ3v) is 7.07. The number of aryl methyl sites for hydroxylation is 1. The van der Waals surface area contributed by atoms with Gasteiger partial charge in [-0.1, -0.05) is 60.2 Å². The quantitative estimate of drug-likeness (QED) is 0.714. The van der Waals surface area contributed by atoms with Gasteiger partial charge in [0.2, 0.25) is 5.91 Å². The topological polar surface area (TPSA) is 61.4 Å². The lowest BCUT2D eigenvalue weighted by Crippen LogP contribution is -2.49. The van der Waals surface area contributed by atoms with Crippen LogP contribution in [0, 0.1) is 12.8 Å². The minimum absolute atomic E-state index is 0.00851. The molecule has 4 rings (SSSR count). The molecule has 0 aromatic heterocycles. The molecule has 2 fully saturated rings. The van der Waals surface area contributed by atoms with Crippen molar-refractivity contribution in [1.82, 2.24) is 15.5 Å². The second-order valence-electron chi connectivity index (χ2n) is 9.37. The zero-order valence-corrected chi connectivity index (χ0v) is 19.1. The third-order valence-electron chi connectivity index (χ3n) is 7.07. The summed E-state index contributed by atoms with van der Waals surface area (Å²) < 4.78 is 0. The fraction of sp³-hybridized carbons (Fsp3) is 0.481. The molecule has 32 heavy (non-hydrogen) atoms. The van der Waals surface area contributed by atoms with E-state index in [1.807, 2.05) is 4.90 Å². The van der Waals surface area contributed by atoms with Crippen molar-refractivity contribution >= 4 is 11.9 Å². The molecule has 1 aliphatic heterocycles. The summed E-state index contributed by atoms with van der Waals surface area (Å²) in [5.74, 6) is 0.703. The number of urea groups is 1. The first kappa shape index (κ1) is 22.4. The Morgan fingerprint density at radius 1 is 0.875 bits per heavy atom. The normalized spacial score (nSPS) is 21.7. The molecule has 5 heteroatoms. The van der Waals surface area contributed by atoms with Crippen LogP contribution in [0.25, 0.3) is 0 Å². The molecular formula is C27H35N3O2. The predicted molar refractivity (Wildman–Crippen MR) is 127 cm³/mol. The highest BCUT2D eigenvalue weighted by Gasteiger charge is 2.29. The van der Waals surface area contributed by atoms with Crippen LogP contribution >= 0.6 is 0 Å². The molecule has 1 saturated carbocycles. The molecule has 2 aromatic carbocycles. The number of likely N-dealkylation sites (tertiary alicyclic amines) is 1. The molecule has 2 aliphatic rings. The summed E-state index contributed by atoms with van der Waals surface area (Å²) in [5, 5.41) is 6.30. The number of amides is 3. The highest BCUT2D eigenvalue weighted by Crippen LogP contribution is 2.32. The first-order chi connectivity index (χ1) is 15.6. The van der Waals surface area contributed by atoms with E-state index >= 15 is 0 Å². The van der Waals surface area contributed by atoms with Gasteiger partial charge < -0.3 is 15.5 Å². The molecule has 0 radical (unpaired) electrons. The zero-order chi connectivity index (χ0) is 22.3. The van der Waals surface area contributed by atoms with Crippen LogP contribution in [-0.2, 0) is 11.3 Å². The lowest BCUT2D eigenvalue weighted by molar-refractivity contribution is -0.126. The first-order valence-electron chi connectivity index (χ1n) is 12.0. The molecule has 0 bridgehead atoms. The van der Waals surface area contributed by atoms with Crippen LogP contribution in [0.15, 0.2) is 54.6 Å². The van der Waals surface area contributed by atoms with E-state index in [9.17, 15) is 9.59 Å². The molecule has 170 valence electrons. The Morgan fingerprint density at radius 3 is 2.19 bits per heavy atom. The summed E-state index contributed by atoms with van der Waals surface area (Å²) in [4.78, 5) is 27.2. The first-order valence-corrected chi connectivity index (χ1v) is 12.0. The van der Waals surface area contributed by atoms with Gasteiger partial charge in [0.15, 0.2) is 0 Å². The van der Waals surface area contributed by atoms with E-state index in [0.717, 1.165) is 44.1 Å². The second kappa shape index (κ2) is 10.7. The Hall–Kier alpha value is -2.82. The number of rotatable bonds is 5.